The van der Waals surface area contributed by atoms with Crippen LogP contribution in [0.1, 0.15) is 37.4 Å². The van der Waals surface area contributed by atoms with Gasteiger partial charge in [-0.15, -0.1) is 0 Å². The number of nitrogens with zero attached hydrogens (tertiary/aromatic N) is 4. The third-order valence-corrected chi connectivity index (χ3v) is 7.48. The van der Waals surface area contributed by atoms with Crippen molar-refractivity contribution in [3.63, 3.8) is 0 Å². The number of hydrogen-bond donors (Lipinski definition) is 0. The second-order valence-electron chi connectivity index (χ2n) is 9.50. The first-order valence-electron chi connectivity index (χ1n) is 12.0. The molecule has 0 bridgehead atoms. The second kappa shape index (κ2) is 9.20. The van der Waals surface area contributed by atoms with E-state index in [2.05, 4.69) is 33.8 Å². The fourth-order valence-electron chi connectivity index (χ4n) is 5.57. The van der Waals surface area contributed by atoms with Gasteiger partial charge >= 0.3 is 0 Å². The Balaban J connectivity index is 1.19. The van der Waals surface area contributed by atoms with Crippen molar-refractivity contribution in [1.82, 2.24) is 19.7 Å². The summed E-state index contributed by atoms with van der Waals surface area (Å²) in [4.78, 5) is 25.0. The number of fused-ring (bicyclic) bond motifs is 2. The van der Waals surface area contributed by atoms with Crippen molar-refractivity contribution in [2.75, 3.05) is 39.8 Å². The van der Waals surface area contributed by atoms with E-state index in [4.69, 9.17) is 9.72 Å². The molecule has 2 saturated heterocycles. The van der Waals surface area contributed by atoms with Crippen molar-refractivity contribution in [2.45, 2.75) is 51.2 Å². The van der Waals surface area contributed by atoms with Crippen LogP contribution in [0, 0.1) is 0 Å². The molecule has 4 heterocycles. The molecule has 0 radical (unpaired) electrons. The summed E-state index contributed by atoms with van der Waals surface area (Å²) in [5, 5.41) is 0. The van der Waals surface area contributed by atoms with Crippen LogP contribution < -0.4 is 4.74 Å². The standard InChI is InChI=1S/C26H34N4O2/c1-19-4-3-5-22-17-29(14-15-30(19)22)26(31)18-28-13-12-25-21(16-28)8-11-24(27-25)20-6-9-23(32-2)10-7-20/h6-11,19,22H,3-5,12-18H2,1-2H3/t19?,22-/m0/s1. The molecule has 6 heteroatoms. The lowest BCUT2D eigenvalue weighted by Crippen LogP contribution is -2.59. The highest BCUT2D eigenvalue weighted by Gasteiger charge is 2.34. The van der Waals surface area contributed by atoms with E-state index in [1.165, 1.54) is 24.8 Å². The third kappa shape index (κ3) is 4.39. The highest BCUT2D eigenvalue weighted by Crippen LogP contribution is 2.27. The monoisotopic (exact) mass is 434 g/mol. The van der Waals surface area contributed by atoms with E-state index in [0.717, 1.165) is 61.8 Å². The summed E-state index contributed by atoms with van der Waals surface area (Å²) in [7, 11) is 1.68. The number of piperazine rings is 1. The maximum Gasteiger partial charge on any atom is 0.236 e. The van der Waals surface area contributed by atoms with Gasteiger partial charge in [0.15, 0.2) is 0 Å². The quantitative estimate of drug-likeness (QED) is 0.740. The van der Waals surface area contributed by atoms with Crippen LogP contribution in [-0.2, 0) is 17.8 Å². The van der Waals surface area contributed by atoms with Crippen molar-refractivity contribution in [1.29, 1.82) is 0 Å². The molecule has 0 spiro atoms. The van der Waals surface area contributed by atoms with Crippen LogP contribution in [0.4, 0.5) is 0 Å². The summed E-state index contributed by atoms with van der Waals surface area (Å²) < 4.78 is 5.25. The van der Waals surface area contributed by atoms with E-state index >= 15 is 0 Å². The maximum absolute atomic E-state index is 13.1. The molecule has 3 aliphatic rings. The Morgan fingerprint density at radius 2 is 1.94 bits per heavy atom. The van der Waals surface area contributed by atoms with Gasteiger partial charge in [-0.25, -0.2) is 0 Å². The number of carbonyl (C=O) groups excluding carboxylic acids is 1. The van der Waals surface area contributed by atoms with Crippen LogP contribution in [-0.4, -0.2) is 77.5 Å². The van der Waals surface area contributed by atoms with Crippen molar-refractivity contribution in [3.05, 3.63) is 47.7 Å². The van der Waals surface area contributed by atoms with Crippen LogP contribution in [0.3, 0.4) is 0 Å². The number of piperidine rings is 1. The van der Waals surface area contributed by atoms with Crippen LogP contribution >= 0.6 is 0 Å². The van der Waals surface area contributed by atoms with Gasteiger partial charge < -0.3 is 9.64 Å². The Hall–Kier alpha value is -2.44. The predicted octanol–water partition coefficient (Wildman–Crippen LogP) is 3.20. The number of benzene rings is 1. The largest absolute Gasteiger partial charge is 0.497 e. The zero-order valence-electron chi connectivity index (χ0n) is 19.3. The number of carbonyl (C=O) groups is 1. The lowest BCUT2D eigenvalue weighted by molar-refractivity contribution is -0.137. The SMILES string of the molecule is COc1ccc(-c2ccc3c(n2)CCN(CC(=O)N2CCN4C(C)CCC[C@H]4C2)C3)cc1. The minimum absolute atomic E-state index is 0.286. The van der Waals surface area contributed by atoms with Gasteiger partial charge in [-0.1, -0.05) is 12.5 Å². The van der Waals surface area contributed by atoms with Crippen molar-refractivity contribution in [3.8, 4) is 17.0 Å². The van der Waals surface area contributed by atoms with Gasteiger partial charge in [-0.2, -0.15) is 0 Å². The molecule has 3 aliphatic heterocycles. The minimum Gasteiger partial charge on any atom is -0.497 e. The minimum atomic E-state index is 0.286. The van der Waals surface area contributed by atoms with E-state index < -0.39 is 0 Å². The first-order chi connectivity index (χ1) is 15.6. The van der Waals surface area contributed by atoms with E-state index in [-0.39, 0.29) is 5.91 Å². The summed E-state index contributed by atoms with van der Waals surface area (Å²) in [6.07, 6.45) is 4.71. The summed E-state index contributed by atoms with van der Waals surface area (Å²) >= 11 is 0. The van der Waals surface area contributed by atoms with Crippen LogP contribution in [0.2, 0.25) is 0 Å². The zero-order chi connectivity index (χ0) is 22.1. The molecule has 2 atom stereocenters. The Bertz CT molecular complexity index is 961. The number of hydrogen-bond acceptors (Lipinski definition) is 5. The number of aromatic nitrogens is 1. The summed E-state index contributed by atoms with van der Waals surface area (Å²) in [5.74, 6) is 1.14. The molecule has 170 valence electrons. The van der Waals surface area contributed by atoms with E-state index in [9.17, 15) is 4.79 Å². The summed E-state index contributed by atoms with van der Waals surface area (Å²) in [6.45, 7) is 7.34. The van der Waals surface area contributed by atoms with Gasteiger partial charge in [0.1, 0.15) is 5.75 Å². The highest BCUT2D eigenvalue weighted by molar-refractivity contribution is 5.78. The average Bonchev–Trinajstić information content (AvgIpc) is 2.83. The smallest absolute Gasteiger partial charge is 0.236 e. The normalized spacial score (nSPS) is 24.0. The first kappa shape index (κ1) is 21.4. The third-order valence-electron chi connectivity index (χ3n) is 7.48. The Morgan fingerprint density at radius 1 is 1.09 bits per heavy atom. The van der Waals surface area contributed by atoms with Gasteiger partial charge in [0, 0.05) is 62.5 Å². The Morgan fingerprint density at radius 3 is 2.75 bits per heavy atom. The van der Waals surface area contributed by atoms with Gasteiger partial charge in [-0.3, -0.25) is 19.6 Å². The van der Waals surface area contributed by atoms with Crippen molar-refractivity contribution in [2.24, 2.45) is 0 Å². The number of ether oxygens (including phenoxy) is 1. The number of methoxy groups -OCH3 is 1. The number of amides is 1. The molecule has 1 aromatic heterocycles. The number of rotatable bonds is 4. The second-order valence-corrected chi connectivity index (χ2v) is 9.50. The fraction of sp³-hybridized carbons (Fsp3) is 0.538. The molecule has 6 nitrogen and oxygen atoms in total. The lowest BCUT2D eigenvalue weighted by Gasteiger charge is -2.47. The van der Waals surface area contributed by atoms with Gasteiger partial charge in [0.25, 0.3) is 0 Å². The molecule has 2 aromatic rings. The average molecular weight is 435 g/mol. The Kier molecular flexibility index (Phi) is 6.15. The Labute approximate surface area is 191 Å². The van der Waals surface area contributed by atoms with E-state index in [1.807, 2.05) is 24.3 Å². The van der Waals surface area contributed by atoms with Crippen molar-refractivity contribution < 1.29 is 9.53 Å². The van der Waals surface area contributed by atoms with Crippen LogP contribution in [0.5, 0.6) is 5.75 Å². The van der Waals surface area contributed by atoms with E-state index in [1.54, 1.807) is 7.11 Å². The molecule has 5 rings (SSSR count). The molecule has 0 saturated carbocycles. The van der Waals surface area contributed by atoms with E-state index in [0.29, 0.717) is 18.6 Å². The number of pyridine rings is 1. The van der Waals surface area contributed by atoms with Gasteiger partial charge in [-0.05, 0) is 55.7 Å². The highest BCUT2D eigenvalue weighted by atomic mass is 16.5. The van der Waals surface area contributed by atoms with Crippen LogP contribution in [0.15, 0.2) is 36.4 Å². The molecule has 32 heavy (non-hydrogen) atoms. The van der Waals surface area contributed by atoms with Crippen molar-refractivity contribution >= 4 is 5.91 Å². The molecule has 0 aliphatic carbocycles. The summed E-state index contributed by atoms with van der Waals surface area (Å²) in [6, 6.07) is 13.5. The molecular formula is C26H34N4O2. The van der Waals surface area contributed by atoms with Gasteiger partial charge in [0.05, 0.1) is 19.3 Å². The lowest BCUT2D eigenvalue weighted by atomic mass is 9.94. The maximum atomic E-state index is 13.1. The van der Waals surface area contributed by atoms with Crippen LogP contribution in [0.25, 0.3) is 11.3 Å². The predicted molar refractivity (Wildman–Crippen MR) is 126 cm³/mol. The summed E-state index contributed by atoms with van der Waals surface area (Å²) in [5.41, 5.74) is 4.50. The molecule has 2 fully saturated rings. The molecule has 0 N–H and O–H groups in total. The molecule has 1 amide bonds. The molecule has 1 unspecified atom stereocenters. The zero-order valence-corrected chi connectivity index (χ0v) is 19.3. The topological polar surface area (TPSA) is 48.9 Å². The fourth-order valence-corrected chi connectivity index (χ4v) is 5.57. The molecular weight excluding hydrogens is 400 g/mol. The first-order valence-corrected chi connectivity index (χ1v) is 12.0. The molecule has 1 aromatic carbocycles. The van der Waals surface area contributed by atoms with Gasteiger partial charge in [0.2, 0.25) is 5.91 Å².